The van der Waals surface area contributed by atoms with Gasteiger partial charge in [-0.15, -0.1) is 0 Å². The van der Waals surface area contributed by atoms with Crippen molar-refractivity contribution in [2.45, 2.75) is 39.3 Å². The fourth-order valence-corrected chi connectivity index (χ4v) is 9.93. The van der Waals surface area contributed by atoms with Gasteiger partial charge < -0.3 is 68.7 Å². The molecule has 484 valence electrons. The molecule has 5 N–H and O–H groups in total. The van der Waals surface area contributed by atoms with Gasteiger partial charge in [0.15, 0.2) is 5.69 Å². The van der Waals surface area contributed by atoms with Gasteiger partial charge in [0, 0.05) is 110 Å². The summed E-state index contributed by atoms with van der Waals surface area (Å²) >= 11 is 13.0. The molecule has 3 amide bonds. The monoisotopic (exact) mass is 1270 g/mol. The van der Waals surface area contributed by atoms with Crippen molar-refractivity contribution in [3.63, 3.8) is 0 Å². The molecule has 6 rings (SSSR count). The van der Waals surface area contributed by atoms with Crippen molar-refractivity contribution in [3.8, 4) is 39.6 Å². The summed E-state index contributed by atoms with van der Waals surface area (Å²) in [6.45, 7) is 11.8. The van der Waals surface area contributed by atoms with Gasteiger partial charge in [-0.1, -0.05) is 35.3 Å². The van der Waals surface area contributed by atoms with Crippen LogP contribution in [-0.4, -0.2) is 269 Å². The maximum absolute atomic E-state index is 14.0. The molecule has 26 nitrogen and oxygen atoms in total. The Morgan fingerprint density at radius 2 is 1.09 bits per heavy atom. The molecule has 1 aromatic heterocycles. The maximum Gasteiger partial charge on any atom is 0.317 e. The van der Waals surface area contributed by atoms with Gasteiger partial charge in [-0.25, -0.2) is 4.68 Å². The van der Waals surface area contributed by atoms with E-state index in [0.717, 1.165) is 5.56 Å². The normalized spacial score (nSPS) is 14.6. The Kier molecular flexibility index (Phi) is 29.0. The van der Waals surface area contributed by atoms with Crippen LogP contribution in [0.25, 0.3) is 28.1 Å². The SMILES string of the molecule is COc1cc2c(cc1-c1cccc(NC(=O)CCOCCOCCOCCOCCOCCOCCNC(=O)CN3CCN(CC(=O)O)CCN(CC(=O)O)CCN(CC(=O)O)CC3)c1)-c1c(c(C(=O)N(C)C(C)(C)C)nn1-c1cc(Cl)cc(Cl)c1)CO2. The number of hydrogen-bond acceptors (Lipinski definition) is 19. The number of aromatic nitrogens is 2. The Bertz CT molecular complexity index is 2890. The number of anilines is 1. The van der Waals surface area contributed by atoms with Crippen LogP contribution < -0.4 is 20.1 Å². The number of methoxy groups -OCH3 is 1. The molecule has 2 aliphatic rings. The quantitative estimate of drug-likeness (QED) is 0.0407. The molecule has 0 atom stereocenters. The lowest BCUT2D eigenvalue weighted by molar-refractivity contribution is -0.140. The molecule has 0 aliphatic carbocycles. The van der Waals surface area contributed by atoms with Gasteiger partial charge in [-0.05, 0) is 62.7 Å². The third kappa shape index (κ3) is 23.4. The highest BCUT2D eigenvalue weighted by Crippen LogP contribution is 2.47. The minimum Gasteiger partial charge on any atom is -0.496 e. The van der Waals surface area contributed by atoms with E-state index in [1.807, 2.05) is 49.9 Å². The summed E-state index contributed by atoms with van der Waals surface area (Å²) in [6.07, 6.45) is 0.116. The number of aliphatic carboxylic acids is 3. The van der Waals surface area contributed by atoms with Crippen molar-refractivity contribution in [3.05, 3.63) is 75.9 Å². The third-order valence-corrected chi connectivity index (χ3v) is 14.7. The van der Waals surface area contributed by atoms with E-state index < -0.39 is 23.4 Å². The number of carbonyl (C=O) groups is 6. The van der Waals surface area contributed by atoms with E-state index in [1.54, 1.807) is 68.8 Å². The van der Waals surface area contributed by atoms with Crippen molar-refractivity contribution in [1.29, 1.82) is 0 Å². The molecule has 88 heavy (non-hydrogen) atoms. The van der Waals surface area contributed by atoms with E-state index in [-0.39, 0.29) is 109 Å². The average molecular weight is 1270 g/mol. The number of halogens is 2. The number of fused-ring (bicyclic) bond motifs is 3. The summed E-state index contributed by atoms with van der Waals surface area (Å²) in [7, 11) is 3.31. The van der Waals surface area contributed by atoms with Crippen molar-refractivity contribution in [1.82, 2.24) is 39.6 Å². The van der Waals surface area contributed by atoms with E-state index in [0.29, 0.717) is 148 Å². The zero-order valence-electron chi connectivity index (χ0n) is 50.7. The first-order valence-electron chi connectivity index (χ1n) is 29.1. The van der Waals surface area contributed by atoms with E-state index in [4.69, 9.17) is 66.2 Å². The van der Waals surface area contributed by atoms with Crippen LogP contribution in [0.5, 0.6) is 11.5 Å². The minimum atomic E-state index is -1.03. The first-order chi connectivity index (χ1) is 42.2. The Morgan fingerprint density at radius 1 is 0.614 bits per heavy atom. The number of nitrogens with zero attached hydrogens (tertiary/aromatic N) is 7. The van der Waals surface area contributed by atoms with E-state index in [2.05, 4.69) is 10.6 Å². The Balaban J connectivity index is 0.808. The van der Waals surface area contributed by atoms with Crippen molar-refractivity contribution in [2.75, 3.05) is 184 Å². The molecule has 1 fully saturated rings. The second kappa shape index (κ2) is 36.2. The Labute approximate surface area is 522 Å². The number of amides is 3. The van der Waals surface area contributed by atoms with E-state index >= 15 is 0 Å². The number of carboxylic acid groups (broad SMARTS) is 3. The summed E-state index contributed by atoms with van der Waals surface area (Å²) < 4.78 is 47.4. The first-order valence-corrected chi connectivity index (χ1v) is 29.8. The van der Waals surface area contributed by atoms with Gasteiger partial charge in [0.1, 0.15) is 18.1 Å². The number of hydrogen-bond donors (Lipinski definition) is 5. The second-order valence-electron chi connectivity index (χ2n) is 21.8. The lowest BCUT2D eigenvalue weighted by atomic mass is 9.95. The van der Waals surface area contributed by atoms with Crippen LogP contribution in [0.1, 0.15) is 43.2 Å². The zero-order chi connectivity index (χ0) is 63.6. The van der Waals surface area contributed by atoms with Gasteiger partial charge in [0.05, 0.1) is 130 Å². The topological polar surface area (TPSA) is 295 Å². The van der Waals surface area contributed by atoms with Crippen molar-refractivity contribution in [2.24, 2.45) is 0 Å². The summed E-state index contributed by atoms with van der Waals surface area (Å²) in [5, 5.41) is 39.7. The van der Waals surface area contributed by atoms with Crippen LogP contribution in [0.4, 0.5) is 5.69 Å². The maximum atomic E-state index is 14.0. The number of carboxylic acids is 3. The van der Waals surface area contributed by atoms with Gasteiger partial charge >= 0.3 is 17.9 Å². The van der Waals surface area contributed by atoms with Crippen LogP contribution in [0, 0.1) is 0 Å². The number of benzene rings is 3. The second-order valence-corrected chi connectivity index (χ2v) is 22.6. The largest absolute Gasteiger partial charge is 0.496 e. The van der Waals surface area contributed by atoms with Gasteiger partial charge in [-0.3, -0.25) is 48.4 Å². The summed E-state index contributed by atoms with van der Waals surface area (Å²) in [4.78, 5) is 83.0. The fourth-order valence-electron chi connectivity index (χ4n) is 9.42. The fraction of sp³-hybridized carbons (Fsp3) is 0.550. The number of rotatable bonds is 34. The molecular formula is C60H83Cl2N9O17. The standard InChI is InChI=1S/C60H83Cl2N9O17/c1-60(2,3)66(4)59(80)57-49-41-88-51-36-50(81-5)47(35-48(51)58(49)71(65-57)46-33-43(61)32-44(62)34-46)42-7-6-8-45(31-42)64-52(72)9-19-82-21-23-84-25-27-86-29-30-87-28-26-85-24-22-83-20-10-63-53(73)37-67-11-13-68(38-54(74)75)15-17-70(40-56(78)79)18-16-69(14-12-67)39-55(76)77/h6-8,31-36H,9-30,37-41H2,1-5H3,(H,63,73)(H,64,72)(H,74,75)(H,76,77)(H,78,79). The first kappa shape index (κ1) is 70.6. The molecular weight excluding hydrogens is 1190 g/mol. The summed E-state index contributed by atoms with van der Waals surface area (Å²) in [6, 6.07) is 16.2. The lowest BCUT2D eigenvalue weighted by Crippen LogP contribution is -2.50. The zero-order valence-corrected chi connectivity index (χ0v) is 52.2. The smallest absolute Gasteiger partial charge is 0.317 e. The Hall–Kier alpha value is -6.53. The molecule has 0 spiro atoms. The highest BCUT2D eigenvalue weighted by Gasteiger charge is 2.35. The number of ether oxygens (including phenoxy) is 8. The molecule has 0 unspecified atom stereocenters. The Morgan fingerprint density at radius 3 is 1.57 bits per heavy atom. The molecule has 0 saturated carbocycles. The molecule has 0 bridgehead atoms. The predicted molar refractivity (Wildman–Crippen MR) is 327 cm³/mol. The highest BCUT2D eigenvalue weighted by atomic mass is 35.5. The van der Waals surface area contributed by atoms with Crippen molar-refractivity contribution < 1.29 is 82.0 Å². The van der Waals surface area contributed by atoms with E-state index in [9.17, 15) is 44.1 Å². The van der Waals surface area contributed by atoms with Gasteiger partial charge in [0.25, 0.3) is 5.91 Å². The van der Waals surface area contributed by atoms with Gasteiger partial charge in [0.2, 0.25) is 11.8 Å². The molecule has 3 heterocycles. The molecule has 4 aromatic rings. The highest BCUT2D eigenvalue weighted by molar-refractivity contribution is 6.34. The number of nitrogens with one attached hydrogen (secondary N) is 2. The summed E-state index contributed by atoms with van der Waals surface area (Å²) in [5.41, 5.74) is 4.26. The van der Waals surface area contributed by atoms with Crippen LogP contribution >= 0.6 is 23.2 Å². The number of carbonyl (C=O) groups excluding carboxylic acids is 3. The van der Waals surface area contributed by atoms with Gasteiger partial charge in [-0.2, -0.15) is 5.10 Å². The van der Waals surface area contributed by atoms with Crippen LogP contribution in [0.2, 0.25) is 10.0 Å². The molecule has 28 heteroatoms. The third-order valence-electron chi connectivity index (χ3n) is 14.3. The van der Waals surface area contributed by atoms with Crippen molar-refractivity contribution >= 4 is 64.5 Å². The molecule has 0 radical (unpaired) electrons. The van der Waals surface area contributed by atoms with E-state index in [1.165, 1.54) is 0 Å². The van der Waals surface area contributed by atoms with Crippen LogP contribution in [-0.2, 0) is 59.0 Å². The summed E-state index contributed by atoms with van der Waals surface area (Å²) in [5.74, 6) is -2.78. The molecule has 3 aromatic carbocycles. The predicted octanol–water partition coefficient (Wildman–Crippen LogP) is 4.30. The molecule has 1 saturated heterocycles. The minimum absolute atomic E-state index is 0.0124. The molecule has 2 aliphatic heterocycles. The lowest BCUT2D eigenvalue weighted by Gasteiger charge is -2.32. The average Bonchev–Trinajstić information content (AvgIpc) is 1.56. The van der Waals surface area contributed by atoms with Crippen LogP contribution in [0.15, 0.2) is 54.6 Å². The van der Waals surface area contributed by atoms with Crippen LogP contribution in [0.3, 0.4) is 0 Å².